The third kappa shape index (κ3) is 3.26. The summed E-state index contributed by atoms with van der Waals surface area (Å²) in [4.78, 5) is 0. The highest BCUT2D eigenvalue weighted by Gasteiger charge is 2.16. The van der Waals surface area contributed by atoms with Gasteiger partial charge in [0.25, 0.3) is 0 Å². The van der Waals surface area contributed by atoms with Gasteiger partial charge in [0.15, 0.2) is 0 Å². The monoisotopic (exact) mass is 298 g/mol. The molecule has 2 aromatic carbocycles. The number of methoxy groups -OCH3 is 1. The van der Waals surface area contributed by atoms with Crippen molar-refractivity contribution in [2.24, 2.45) is 0 Å². The van der Waals surface area contributed by atoms with E-state index < -0.39 is 17.7 Å². The van der Waals surface area contributed by atoms with E-state index in [4.69, 9.17) is 16.3 Å². The summed E-state index contributed by atoms with van der Waals surface area (Å²) in [6.45, 7) is 0. The Labute approximate surface area is 120 Å². The van der Waals surface area contributed by atoms with E-state index in [1.54, 1.807) is 6.07 Å². The van der Waals surface area contributed by atoms with Crippen molar-refractivity contribution in [1.29, 1.82) is 0 Å². The third-order valence-corrected chi connectivity index (χ3v) is 3.35. The van der Waals surface area contributed by atoms with E-state index in [2.05, 4.69) is 0 Å². The zero-order chi connectivity index (χ0) is 14.7. The van der Waals surface area contributed by atoms with Crippen LogP contribution in [0.1, 0.15) is 17.2 Å². The minimum absolute atomic E-state index is 0.0996. The van der Waals surface area contributed by atoms with Crippen LogP contribution in [-0.4, -0.2) is 12.2 Å². The van der Waals surface area contributed by atoms with E-state index in [1.165, 1.54) is 31.4 Å². The molecule has 0 heterocycles. The Hall–Kier alpha value is -1.65. The zero-order valence-electron chi connectivity index (χ0n) is 10.7. The molecule has 0 fully saturated rings. The fraction of sp³-hybridized carbons (Fsp3) is 0.200. The van der Waals surface area contributed by atoms with Crippen LogP contribution >= 0.6 is 11.6 Å². The number of ether oxygens (including phenoxy) is 1. The molecule has 1 atom stereocenters. The summed E-state index contributed by atoms with van der Waals surface area (Å²) in [5, 5.41) is 10.3. The fourth-order valence-electron chi connectivity index (χ4n) is 1.91. The summed E-state index contributed by atoms with van der Waals surface area (Å²) in [6.07, 6.45) is -0.966. The first-order valence-electron chi connectivity index (χ1n) is 5.96. The van der Waals surface area contributed by atoms with Crippen LogP contribution < -0.4 is 4.74 Å². The SMILES string of the molecule is COc1ccc(C(O)Cc2ccc(F)cc2Cl)c(F)c1. The number of benzene rings is 2. The number of hydrogen-bond donors (Lipinski definition) is 1. The molecule has 0 saturated carbocycles. The van der Waals surface area contributed by atoms with Gasteiger partial charge < -0.3 is 9.84 Å². The molecule has 2 rings (SSSR count). The molecule has 0 aliphatic heterocycles. The molecule has 2 nitrogen and oxygen atoms in total. The molecule has 0 radical (unpaired) electrons. The number of aliphatic hydroxyl groups is 1. The van der Waals surface area contributed by atoms with Gasteiger partial charge in [-0.3, -0.25) is 0 Å². The van der Waals surface area contributed by atoms with Crippen LogP contribution in [-0.2, 0) is 6.42 Å². The molecule has 0 saturated heterocycles. The summed E-state index contributed by atoms with van der Waals surface area (Å²) in [6, 6.07) is 8.10. The summed E-state index contributed by atoms with van der Waals surface area (Å²) in [5.74, 6) is -0.641. The number of hydrogen-bond acceptors (Lipinski definition) is 2. The minimum atomic E-state index is -1.07. The van der Waals surface area contributed by atoms with E-state index in [1.807, 2.05) is 0 Å². The smallest absolute Gasteiger partial charge is 0.132 e. The van der Waals surface area contributed by atoms with Crippen LogP contribution in [0, 0.1) is 11.6 Å². The Kier molecular flexibility index (Phi) is 4.57. The second-order valence-corrected chi connectivity index (χ2v) is 4.75. The van der Waals surface area contributed by atoms with Gasteiger partial charge >= 0.3 is 0 Å². The molecule has 106 valence electrons. The van der Waals surface area contributed by atoms with Crippen LogP contribution in [0.5, 0.6) is 5.75 Å². The summed E-state index contributed by atoms with van der Waals surface area (Å²) >= 11 is 5.88. The fourth-order valence-corrected chi connectivity index (χ4v) is 2.15. The first-order chi connectivity index (χ1) is 9.51. The van der Waals surface area contributed by atoms with Crippen molar-refractivity contribution in [3.8, 4) is 5.75 Å². The van der Waals surface area contributed by atoms with Gasteiger partial charge in [-0.1, -0.05) is 17.7 Å². The molecule has 0 spiro atoms. The molecule has 0 aliphatic rings. The second kappa shape index (κ2) is 6.20. The maximum atomic E-state index is 13.8. The summed E-state index contributed by atoms with van der Waals surface area (Å²) < 4.78 is 31.7. The van der Waals surface area contributed by atoms with Crippen LogP contribution in [0.4, 0.5) is 8.78 Å². The molecule has 5 heteroatoms. The molecule has 0 bridgehead atoms. The molecule has 1 unspecified atom stereocenters. The maximum absolute atomic E-state index is 13.8. The van der Waals surface area contributed by atoms with Gasteiger partial charge in [-0.2, -0.15) is 0 Å². The Balaban J connectivity index is 2.21. The Morgan fingerprint density at radius 2 is 1.95 bits per heavy atom. The lowest BCUT2D eigenvalue weighted by molar-refractivity contribution is 0.173. The lowest BCUT2D eigenvalue weighted by atomic mass is 10.0. The van der Waals surface area contributed by atoms with Crippen molar-refractivity contribution in [2.75, 3.05) is 7.11 Å². The van der Waals surface area contributed by atoms with Crippen LogP contribution in [0.2, 0.25) is 5.02 Å². The molecular formula is C15H13ClF2O2. The number of halogens is 3. The molecule has 2 aromatic rings. The van der Waals surface area contributed by atoms with Crippen molar-refractivity contribution in [3.63, 3.8) is 0 Å². The van der Waals surface area contributed by atoms with Crippen molar-refractivity contribution < 1.29 is 18.6 Å². The number of aliphatic hydroxyl groups excluding tert-OH is 1. The standard InChI is InChI=1S/C15H13ClF2O2/c1-20-11-4-5-12(14(18)8-11)15(19)6-9-2-3-10(17)7-13(9)16/h2-5,7-8,15,19H,6H2,1H3. The molecule has 0 aliphatic carbocycles. The normalized spacial score (nSPS) is 12.2. The lowest BCUT2D eigenvalue weighted by Gasteiger charge is -2.14. The minimum Gasteiger partial charge on any atom is -0.497 e. The van der Waals surface area contributed by atoms with Gasteiger partial charge in [-0.25, -0.2) is 8.78 Å². The van der Waals surface area contributed by atoms with E-state index in [0.717, 1.165) is 6.07 Å². The first-order valence-corrected chi connectivity index (χ1v) is 6.34. The maximum Gasteiger partial charge on any atom is 0.132 e. The Morgan fingerprint density at radius 1 is 1.20 bits per heavy atom. The average molecular weight is 299 g/mol. The van der Waals surface area contributed by atoms with Gasteiger partial charge in [-0.05, 0) is 29.8 Å². The highest BCUT2D eigenvalue weighted by molar-refractivity contribution is 6.31. The van der Waals surface area contributed by atoms with E-state index in [-0.39, 0.29) is 17.0 Å². The summed E-state index contributed by atoms with van der Waals surface area (Å²) in [5.41, 5.74) is 0.696. The van der Waals surface area contributed by atoms with Crippen LogP contribution in [0.15, 0.2) is 36.4 Å². The largest absolute Gasteiger partial charge is 0.497 e. The van der Waals surface area contributed by atoms with Gasteiger partial charge in [0.2, 0.25) is 0 Å². The topological polar surface area (TPSA) is 29.5 Å². The molecular weight excluding hydrogens is 286 g/mol. The van der Waals surface area contributed by atoms with Gasteiger partial charge in [0.1, 0.15) is 17.4 Å². The zero-order valence-corrected chi connectivity index (χ0v) is 11.5. The van der Waals surface area contributed by atoms with Crippen molar-refractivity contribution in [3.05, 3.63) is 64.2 Å². The van der Waals surface area contributed by atoms with Gasteiger partial charge in [0, 0.05) is 23.1 Å². The highest BCUT2D eigenvalue weighted by Crippen LogP contribution is 2.27. The highest BCUT2D eigenvalue weighted by atomic mass is 35.5. The quantitative estimate of drug-likeness (QED) is 0.927. The van der Waals surface area contributed by atoms with Crippen molar-refractivity contribution >= 4 is 11.6 Å². The van der Waals surface area contributed by atoms with Crippen molar-refractivity contribution in [2.45, 2.75) is 12.5 Å². The predicted octanol–water partition coefficient (Wildman–Crippen LogP) is 3.90. The second-order valence-electron chi connectivity index (χ2n) is 4.34. The lowest BCUT2D eigenvalue weighted by Crippen LogP contribution is -2.05. The van der Waals surface area contributed by atoms with E-state index in [9.17, 15) is 13.9 Å². The average Bonchev–Trinajstić information content (AvgIpc) is 2.41. The predicted molar refractivity (Wildman–Crippen MR) is 73.0 cm³/mol. The third-order valence-electron chi connectivity index (χ3n) is 2.99. The Bertz CT molecular complexity index is 617. The molecule has 20 heavy (non-hydrogen) atoms. The van der Waals surface area contributed by atoms with Crippen LogP contribution in [0.3, 0.4) is 0 Å². The summed E-state index contributed by atoms with van der Waals surface area (Å²) in [7, 11) is 1.43. The first kappa shape index (κ1) is 14.8. The van der Waals surface area contributed by atoms with E-state index in [0.29, 0.717) is 11.3 Å². The van der Waals surface area contributed by atoms with Gasteiger partial charge in [-0.15, -0.1) is 0 Å². The molecule has 0 amide bonds. The van der Waals surface area contributed by atoms with E-state index >= 15 is 0 Å². The Morgan fingerprint density at radius 3 is 2.55 bits per heavy atom. The molecule has 0 aromatic heterocycles. The van der Waals surface area contributed by atoms with Crippen LogP contribution in [0.25, 0.3) is 0 Å². The van der Waals surface area contributed by atoms with Gasteiger partial charge in [0.05, 0.1) is 13.2 Å². The van der Waals surface area contributed by atoms with Crippen molar-refractivity contribution in [1.82, 2.24) is 0 Å². The molecule has 1 N–H and O–H groups in total. The number of rotatable bonds is 4.